The van der Waals surface area contributed by atoms with E-state index >= 15 is 0 Å². The van der Waals surface area contributed by atoms with Crippen molar-refractivity contribution in [3.05, 3.63) is 57.8 Å². The van der Waals surface area contributed by atoms with Crippen LogP contribution in [0.15, 0.2) is 36.5 Å². The van der Waals surface area contributed by atoms with Crippen molar-refractivity contribution in [3.63, 3.8) is 0 Å². The summed E-state index contributed by atoms with van der Waals surface area (Å²) in [6.45, 7) is 1.17. The first-order valence-corrected chi connectivity index (χ1v) is 7.22. The van der Waals surface area contributed by atoms with Gasteiger partial charge in [0.25, 0.3) is 0 Å². The molecule has 0 aliphatic carbocycles. The lowest BCUT2D eigenvalue weighted by atomic mass is 9.78. The molecule has 0 aliphatic rings. The van der Waals surface area contributed by atoms with Crippen molar-refractivity contribution in [2.75, 3.05) is 0 Å². The minimum atomic E-state index is -5.01. The van der Waals surface area contributed by atoms with E-state index in [0.717, 1.165) is 24.4 Å². The monoisotopic (exact) mass is 365 g/mol. The lowest BCUT2D eigenvalue weighted by Gasteiger charge is -2.37. The minimum Gasteiger partial charge on any atom is -0.508 e. The van der Waals surface area contributed by atoms with Crippen LogP contribution in [0, 0.1) is 0 Å². The molecule has 1 heterocycles. The number of aromatic hydroxyl groups is 1. The number of alkyl halides is 3. The Balaban J connectivity index is 2.66. The quantitative estimate of drug-likeness (QED) is 0.778. The maximum atomic E-state index is 13.7. The summed E-state index contributed by atoms with van der Waals surface area (Å²) < 4.78 is 41.0. The highest BCUT2D eigenvalue weighted by atomic mass is 35.5. The molecule has 2 N–H and O–H groups in total. The van der Waals surface area contributed by atoms with Crippen molar-refractivity contribution in [2.24, 2.45) is 0 Å². The number of aromatic nitrogens is 1. The van der Waals surface area contributed by atoms with Gasteiger partial charge in [-0.1, -0.05) is 30.1 Å². The Labute approximate surface area is 140 Å². The number of hydrogen-bond donors (Lipinski definition) is 2. The first-order chi connectivity index (χ1) is 10.6. The van der Waals surface area contributed by atoms with Crippen LogP contribution in [0.25, 0.3) is 0 Å². The van der Waals surface area contributed by atoms with E-state index < -0.39 is 23.3 Å². The molecule has 2 atom stereocenters. The van der Waals surface area contributed by atoms with Gasteiger partial charge >= 0.3 is 6.18 Å². The third-order valence-corrected chi connectivity index (χ3v) is 4.22. The van der Waals surface area contributed by atoms with Gasteiger partial charge in [0.2, 0.25) is 0 Å². The van der Waals surface area contributed by atoms with E-state index in [-0.39, 0.29) is 21.5 Å². The van der Waals surface area contributed by atoms with Gasteiger partial charge in [-0.05, 0) is 41.5 Å². The molecule has 124 valence electrons. The zero-order valence-electron chi connectivity index (χ0n) is 11.8. The summed E-state index contributed by atoms with van der Waals surface area (Å²) in [5, 5.41) is 19.9. The second-order valence-electron chi connectivity index (χ2n) is 5.06. The van der Waals surface area contributed by atoms with Gasteiger partial charge in [-0.15, -0.1) is 0 Å². The van der Waals surface area contributed by atoms with Gasteiger partial charge < -0.3 is 10.2 Å². The van der Waals surface area contributed by atoms with E-state index in [1.165, 1.54) is 19.1 Å². The predicted molar refractivity (Wildman–Crippen MR) is 80.7 cm³/mol. The summed E-state index contributed by atoms with van der Waals surface area (Å²) in [5.41, 5.74) is -3.76. The molecule has 2 rings (SSSR count). The Morgan fingerprint density at radius 2 is 1.78 bits per heavy atom. The molecule has 8 heteroatoms. The van der Waals surface area contributed by atoms with E-state index in [1.807, 2.05) is 0 Å². The number of rotatable bonds is 3. The molecule has 0 aliphatic heterocycles. The molecule has 3 nitrogen and oxygen atoms in total. The predicted octanol–water partition coefficient (Wildman–Crippen LogP) is 4.65. The highest BCUT2D eigenvalue weighted by molar-refractivity contribution is 6.31. The number of hydrogen-bond acceptors (Lipinski definition) is 3. The van der Waals surface area contributed by atoms with Crippen LogP contribution in [0.5, 0.6) is 5.75 Å². The molecule has 0 saturated carbocycles. The van der Waals surface area contributed by atoms with Crippen molar-refractivity contribution >= 4 is 23.2 Å². The standard InChI is InChI=1S/C15H12Cl2F3NO2/c1-8(11-7-10(22)2-3-12(11)16)14(23,15(18,19)20)9-4-5-21-13(17)6-9/h2-8,22-23H,1H3. The Morgan fingerprint density at radius 1 is 1.13 bits per heavy atom. The summed E-state index contributed by atoms with van der Waals surface area (Å²) in [4.78, 5) is 3.62. The SMILES string of the molecule is CC(c1cc(O)ccc1Cl)C(O)(c1ccnc(Cl)c1)C(F)(F)F. The van der Waals surface area contributed by atoms with Gasteiger partial charge in [0, 0.05) is 17.1 Å². The Hall–Kier alpha value is -1.50. The third-order valence-electron chi connectivity index (χ3n) is 3.67. The lowest BCUT2D eigenvalue weighted by Crippen LogP contribution is -2.46. The van der Waals surface area contributed by atoms with Gasteiger partial charge in [-0.3, -0.25) is 0 Å². The third kappa shape index (κ3) is 3.24. The number of benzene rings is 1. The van der Waals surface area contributed by atoms with Crippen LogP contribution in [0.2, 0.25) is 10.2 Å². The Morgan fingerprint density at radius 3 is 2.35 bits per heavy atom. The first kappa shape index (κ1) is 17.8. The van der Waals surface area contributed by atoms with Crippen molar-refractivity contribution in [1.29, 1.82) is 0 Å². The van der Waals surface area contributed by atoms with E-state index in [1.54, 1.807) is 0 Å². The smallest absolute Gasteiger partial charge is 0.422 e. The van der Waals surface area contributed by atoms with Crippen molar-refractivity contribution in [2.45, 2.75) is 24.6 Å². The molecule has 0 saturated heterocycles. The van der Waals surface area contributed by atoms with Crippen molar-refractivity contribution in [3.8, 4) is 5.75 Å². The Kier molecular flexibility index (Phi) is 4.80. The van der Waals surface area contributed by atoms with E-state index in [2.05, 4.69) is 4.98 Å². The lowest BCUT2D eigenvalue weighted by molar-refractivity contribution is -0.274. The average Bonchev–Trinajstić information content (AvgIpc) is 2.47. The largest absolute Gasteiger partial charge is 0.508 e. The maximum absolute atomic E-state index is 13.7. The molecule has 0 spiro atoms. The Bertz CT molecular complexity index is 724. The maximum Gasteiger partial charge on any atom is 0.422 e. The number of phenols is 1. The molecule has 1 aromatic heterocycles. The molecule has 0 fully saturated rings. The van der Waals surface area contributed by atoms with Gasteiger partial charge in [0.15, 0.2) is 5.60 Å². The first-order valence-electron chi connectivity index (χ1n) is 6.47. The van der Waals surface area contributed by atoms with Gasteiger partial charge in [-0.2, -0.15) is 13.2 Å². The highest BCUT2D eigenvalue weighted by Gasteiger charge is 2.59. The van der Waals surface area contributed by atoms with Crippen LogP contribution in [0.1, 0.15) is 24.0 Å². The normalized spacial score (nSPS) is 16.0. The molecule has 0 bridgehead atoms. The van der Waals surface area contributed by atoms with Crippen LogP contribution >= 0.6 is 23.2 Å². The molecule has 2 unspecified atom stereocenters. The van der Waals surface area contributed by atoms with Crippen LogP contribution in [-0.4, -0.2) is 21.4 Å². The summed E-state index contributed by atoms with van der Waals surface area (Å²) in [7, 11) is 0. The second kappa shape index (κ2) is 6.19. The second-order valence-corrected chi connectivity index (χ2v) is 5.85. The van der Waals surface area contributed by atoms with Gasteiger partial charge in [-0.25, -0.2) is 4.98 Å². The highest BCUT2D eigenvalue weighted by Crippen LogP contribution is 2.50. The summed E-state index contributed by atoms with van der Waals surface area (Å²) in [5.74, 6) is -1.76. The number of halogens is 5. The molecular formula is C15H12Cl2F3NO2. The zero-order chi connectivity index (χ0) is 17.4. The summed E-state index contributed by atoms with van der Waals surface area (Å²) in [6, 6.07) is 5.58. The summed E-state index contributed by atoms with van der Waals surface area (Å²) in [6.07, 6.45) is -3.93. The van der Waals surface area contributed by atoms with Crippen LogP contribution in [-0.2, 0) is 5.60 Å². The number of aliphatic hydroxyl groups is 1. The fourth-order valence-corrected chi connectivity index (χ4v) is 2.84. The van der Waals surface area contributed by atoms with Crippen LogP contribution < -0.4 is 0 Å². The minimum absolute atomic E-state index is 0.00173. The van der Waals surface area contributed by atoms with Crippen LogP contribution in [0.4, 0.5) is 13.2 Å². The average molecular weight is 366 g/mol. The van der Waals surface area contributed by atoms with Gasteiger partial charge in [0.05, 0.1) is 0 Å². The molecule has 1 aromatic carbocycles. The number of phenolic OH excluding ortho intramolecular Hbond substituents is 1. The van der Waals surface area contributed by atoms with E-state index in [9.17, 15) is 23.4 Å². The zero-order valence-corrected chi connectivity index (χ0v) is 13.3. The number of nitrogens with zero attached hydrogens (tertiary/aromatic N) is 1. The molecule has 0 radical (unpaired) electrons. The fourth-order valence-electron chi connectivity index (χ4n) is 2.39. The van der Waals surface area contributed by atoms with Crippen LogP contribution in [0.3, 0.4) is 0 Å². The molecular weight excluding hydrogens is 354 g/mol. The van der Waals surface area contributed by atoms with Crippen molar-refractivity contribution < 1.29 is 23.4 Å². The fraction of sp³-hybridized carbons (Fsp3) is 0.267. The summed E-state index contributed by atoms with van der Waals surface area (Å²) >= 11 is 11.6. The van der Waals surface area contributed by atoms with E-state index in [4.69, 9.17) is 23.2 Å². The van der Waals surface area contributed by atoms with Gasteiger partial charge in [0.1, 0.15) is 10.9 Å². The molecule has 0 amide bonds. The molecule has 2 aromatic rings. The van der Waals surface area contributed by atoms with E-state index in [0.29, 0.717) is 0 Å². The van der Waals surface area contributed by atoms with Crippen molar-refractivity contribution in [1.82, 2.24) is 4.98 Å². The number of pyridine rings is 1. The molecule has 23 heavy (non-hydrogen) atoms. The topological polar surface area (TPSA) is 53.4 Å².